The lowest BCUT2D eigenvalue weighted by Gasteiger charge is -2.25. The highest BCUT2D eigenvalue weighted by molar-refractivity contribution is 5.77. The summed E-state index contributed by atoms with van der Waals surface area (Å²) in [7, 11) is 1.79. The van der Waals surface area contributed by atoms with E-state index in [0.717, 1.165) is 37.5 Å². The number of nitrogens with one attached hydrogen (secondary N) is 1. The number of carbonyl (C=O) groups is 1. The van der Waals surface area contributed by atoms with Gasteiger partial charge in [-0.25, -0.2) is 0 Å². The highest BCUT2D eigenvalue weighted by Crippen LogP contribution is 2.22. The van der Waals surface area contributed by atoms with Crippen LogP contribution >= 0.6 is 0 Å². The Balaban J connectivity index is 1.44. The molecule has 1 aliphatic rings. The number of furan rings is 1. The zero-order chi connectivity index (χ0) is 16.8. The molecule has 1 amide bonds. The van der Waals surface area contributed by atoms with Gasteiger partial charge in [0.05, 0.1) is 19.4 Å². The average Bonchev–Trinajstić information content (AvgIpc) is 3.27. The van der Waals surface area contributed by atoms with E-state index in [1.165, 1.54) is 0 Å². The first-order valence-electron chi connectivity index (χ1n) is 8.25. The van der Waals surface area contributed by atoms with E-state index in [1.807, 2.05) is 24.3 Å². The summed E-state index contributed by atoms with van der Waals surface area (Å²) in [5, 5.41) is 11.4. The Morgan fingerprint density at radius 2 is 2.38 bits per heavy atom. The van der Waals surface area contributed by atoms with Gasteiger partial charge in [0.25, 0.3) is 0 Å². The first kappa shape index (κ1) is 16.4. The number of amides is 1. The van der Waals surface area contributed by atoms with Crippen LogP contribution in [0.15, 0.2) is 41.1 Å². The maximum absolute atomic E-state index is 12.2. The fourth-order valence-electron chi connectivity index (χ4n) is 3.00. The molecule has 1 fully saturated rings. The maximum Gasteiger partial charge on any atom is 0.236 e. The zero-order valence-corrected chi connectivity index (χ0v) is 13.9. The fraction of sp³-hybridized carbons (Fsp3) is 0.471. The standard InChI is InChI=1S/C17H23N5O2/c1-21(13-15-6-4-10-24-15)17(23)12-18-11-14-5-3-9-22(14)16-7-2-8-19-20-16/h2,4,6-8,10,14,18H,3,5,9,11-13H2,1H3/t14-/m1/s1. The van der Waals surface area contributed by atoms with Crippen molar-refractivity contribution in [2.24, 2.45) is 0 Å². The van der Waals surface area contributed by atoms with Crippen LogP contribution in [-0.2, 0) is 11.3 Å². The second kappa shape index (κ2) is 7.92. The Morgan fingerprint density at radius 3 is 3.12 bits per heavy atom. The fourth-order valence-corrected chi connectivity index (χ4v) is 3.00. The predicted octanol–water partition coefficient (Wildman–Crippen LogP) is 1.29. The van der Waals surface area contributed by atoms with E-state index in [-0.39, 0.29) is 5.91 Å². The lowest BCUT2D eigenvalue weighted by Crippen LogP contribution is -2.42. The number of anilines is 1. The van der Waals surface area contributed by atoms with Crippen molar-refractivity contribution >= 4 is 11.7 Å². The molecule has 1 aliphatic heterocycles. The van der Waals surface area contributed by atoms with Crippen LogP contribution in [0.5, 0.6) is 0 Å². The van der Waals surface area contributed by atoms with Gasteiger partial charge in [-0.3, -0.25) is 4.79 Å². The van der Waals surface area contributed by atoms with Gasteiger partial charge in [-0.2, -0.15) is 5.10 Å². The van der Waals surface area contributed by atoms with Gasteiger partial charge in [-0.15, -0.1) is 5.10 Å². The molecule has 1 saturated heterocycles. The molecule has 3 rings (SSSR count). The van der Waals surface area contributed by atoms with Crippen LogP contribution in [0.1, 0.15) is 18.6 Å². The van der Waals surface area contributed by atoms with Crippen molar-refractivity contribution in [3.63, 3.8) is 0 Å². The van der Waals surface area contributed by atoms with Gasteiger partial charge in [0.1, 0.15) is 5.76 Å². The smallest absolute Gasteiger partial charge is 0.236 e. The summed E-state index contributed by atoms with van der Waals surface area (Å²) in [6, 6.07) is 7.93. The van der Waals surface area contributed by atoms with Crippen molar-refractivity contribution in [3.8, 4) is 0 Å². The molecule has 0 aliphatic carbocycles. The van der Waals surface area contributed by atoms with Crippen molar-refractivity contribution in [2.45, 2.75) is 25.4 Å². The highest BCUT2D eigenvalue weighted by Gasteiger charge is 2.25. The summed E-state index contributed by atoms with van der Waals surface area (Å²) in [5.74, 6) is 1.74. The van der Waals surface area contributed by atoms with E-state index in [0.29, 0.717) is 19.1 Å². The molecule has 0 aromatic carbocycles. The molecule has 0 radical (unpaired) electrons. The van der Waals surface area contributed by atoms with Crippen LogP contribution in [0, 0.1) is 0 Å². The molecule has 128 valence electrons. The van der Waals surface area contributed by atoms with Gasteiger partial charge in [-0.05, 0) is 37.1 Å². The van der Waals surface area contributed by atoms with Gasteiger partial charge in [0.15, 0.2) is 5.82 Å². The number of hydrogen-bond donors (Lipinski definition) is 1. The second-order valence-corrected chi connectivity index (χ2v) is 6.03. The van der Waals surface area contributed by atoms with E-state index in [9.17, 15) is 4.79 Å². The van der Waals surface area contributed by atoms with Crippen LogP contribution in [-0.4, -0.2) is 53.7 Å². The Bertz CT molecular complexity index is 632. The Hall–Kier alpha value is -2.41. The van der Waals surface area contributed by atoms with Crippen LogP contribution in [0.4, 0.5) is 5.82 Å². The van der Waals surface area contributed by atoms with E-state index in [4.69, 9.17) is 4.42 Å². The number of hydrogen-bond acceptors (Lipinski definition) is 6. The van der Waals surface area contributed by atoms with Crippen molar-refractivity contribution in [3.05, 3.63) is 42.5 Å². The number of carbonyl (C=O) groups excluding carboxylic acids is 1. The number of nitrogens with zero attached hydrogens (tertiary/aromatic N) is 4. The highest BCUT2D eigenvalue weighted by atomic mass is 16.3. The first-order valence-corrected chi connectivity index (χ1v) is 8.25. The molecule has 7 nitrogen and oxygen atoms in total. The molecule has 0 bridgehead atoms. The number of likely N-dealkylation sites (N-methyl/N-ethyl adjacent to an activating group) is 1. The monoisotopic (exact) mass is 329 g/mol. The van der Waals surface area contributed by atoms with Crippen LogP contribution < -0.4 is 10.2 Å². The predicted molar refractivity (Wildman–Crippen MR) is 90.5 cm³/mol. The Morgan fingerprint density at radius 1 is 1.46 bits per heavy atom. The minimum atomic E-state index is 0.0513. The largest absolute Gasteiger partial charge is 0.467 e. The molecule has 3 heterocycles. The van der Waals surface area contributed by atoms with Gasteiger partial charge in [0.2, 0.25) is 5.91 Å². The van der Waals surface area contributed by atoms with E-state index in [2.05, 4.69) is 20.4 Å². The summed E-state index contributed by atoms with van der Waals surface area (Å²) >= 11 is 0. The summed E-state index contributed by atoms with van der Waals surface area (Å²) < 4.78 is 5.27. The third-order valence-corrected chi connectivity index (χ3v) is 4.28. The Kier molecular flexibility index (Phi) is 5.43. The summed E-state index contributed by atoms with van der Waals surface area (Å²) in [5.41, 5.74) is 0. The Labute approximate surface area is 141 Å². The molecule has 0 unspecified atom stereocenters. The lowest BCUT2D eigenvalue weighted by molar-refractivity contribution is -0.129. The molecule has 1 N–H and O–H groups in total. The van der Waals surface area contributed by atoms with E-state index < -0.39 is 0 Å². The lowest BCUT2D eigenvalue weighted by atomic mass is 10.2. The van der Waals surface area contributed by atoms with Crippen LogP contribution in [0.25, 0.3) is 0 Å². The van der Waals surface area contributed by atoms with Gasteiger partial charge < -0.3 is 19.5 Å². The summed E-state index contributed by atoms with van der Waals surface area (Å²) in [6.45, 7) is 2.55. The second-order valence-electron chi connectivity index (χ2n) is 6.03. The molecule has 24 heavy (non-hydrogen) atoms. The molecule has 1 atom stereocenters. The maximum atomic E-state index is 12.2. The van der Waals surface area contributed by atoms with Crippen LogP contribution in [0.2, 0.25) is 0 Å². The normalized spacial score (nSPS) is 17.2. The zero-order valence-electron chi connectivity index (χ0n) is 13.9. The molecule has 7 heteroatoms. The third-order valence-electron chi connectivity index (χ3n) is 4.28. The first-order chi connectivity index (χ1) is 11.7. The van der Waals surface area contributed by atoms with Crippen LogP contribution in [0.3, 0.4) is 0 Å². The number of aromatic nitrogens is 2. The van der Waals surface area contributed by atoms with Gasteiger partial charge in [0, 0.05) is 32.4 Å². The summed E-state index contributed by atoms with van der Waals surface area (Å²) in [6.07, 6.45) is 5.53. The van der Waals surface area contributed by atoms with E-state index in [1.54, 1.807) is 24.4 Å². The van der Waals surface area contributed by atoms with E-state index >= 15 is 0 Å². The quantitative estimate of drug-likeness (QED) is 0.825. The molecule has 0 spiro atoms. The van der Waals surface area contributed by atoms with Gasteiger partial charge in [-0.1, -0.05) is 0 Å². The van der Waals surface area contributed by atoms with Gasteiger partial charge >= 0.3 is 0 Å². The minimum absolute atomic E-state index is 0.0513. The molecule has 2 aromatic heterocycles. The van der Waals surface area contributed by atoms with Crippen molar-refractivity contribution in [1.82, 2.24) is 20.4 Å². The topological polar surface area (TPSA) is 74.5 Å². The van der Waals surface area contributed by atoms with Crippen molar-refractivity contribution in [1.29, 1.82) is 0 Å². The third kappa shape index (κ3) is 4.11. The molecular formula is C17H23N5O2. The van der Waals surface area contributed by atoms with Crippen molar-refractivity contribution in [2.75, 3.05) is 31.6 Å². The summed E-state index contributed by atoms with van der Waals surface area (Å²) in [4.78, 5) is 16.1. The molecule has 0 saturated carbocycles. The average molecular weight is 329 g/mol. The van der Waals surface area contributed by atoms with Crippen molar-refractivity contribution < 1.29 is 9.21 Å². The molecular weight excluding hydrogens is 306 g/mol. The SMILES string of the molecule is CN(Cc1ccco1)C(=O)CNC[C@H]1CCCN1c1cccnn1. The number of rotatable bonds is 7. The minimum Gasteiger partial charge on any atom is -0.467 e. The molecule has 2 aromatic rings.